The van der Waals surface area contributed by atoms with Crippen LogP contribution in [0.5, 0.6) is 0 Å². The highest BCUT2D eigenvalue weighted by Gasteiger charge is 2.57. The molecule has 4 aliphatic rings. The van der Waals surface area contributed by atoms with E-state index in [1.807, 2.05) is 4.90 Å². The fourth-order valence-corrected chi connectivity index (χ4v) is 8.73. The van der Waals surface area contributed by atoms with E-state index < -0.39 is 0 Å². The number of hydrogen-bond donors (Lipinski definition) is 2. The highest BCUT2D eigenvalue weighted by molar-refractivity contribution is 9.10. The normalized spacial score (nSPS) is 29.3. The van der Waals surface area contributed by atoms with E-state index in [1.165, 1.54) is 43.2 Å². The second-order valence-corrected chi connectivity index (χ2v) is 13.2. The van der Waals surface area contributed by atoms with Crippen LogP contribution in [0.25, 0.3) is 0 Å². The lowest BCUT2D eigenvalue weighted by Gasteiger charge is -2.48. The zero-order valence-corrected chi connectivity index (χ0v) is 24.7. The lowest BCUT2D eigenvalue weighted by atomic mass is 9.67. The molecule has 0 aromatic heterocycles. The van der Waals surface area contributed by atoms with Crippen molar-refractivity contribution in [2.45, 2.75) is 68.9 Å². The molecule has 3 fully saturated rings. The number of nitrogens with two attached hydrogens (primary N) is 1. The van der Waals surface area contributed by atoms with Crippen molar-refractivity contribution in [3.8, 4) is 0 Å². The summed E-state index contributed by atoms with van der Waals surface area (Å²) in [6, 6.07) is 17.6. The molecule has 2 saturated heterocycles. The summed E-state index contributed by atoms with van der Waals surface area (Å²) in [6.45, 7) is 3.61. The molecule has 3 N–H and O–H groups in total. The van der Waals surface area contributed by atoms with Crippen molar-refractivity contribution in [3.05, 3.63) is 69.7 Å². The molecule has 3 amide bonds. The molecule has 0 bridgehead atoms. The van der Waals surface area contributed by atoms with E-state index >= 15 is 0 Å². The summed E-state index contributed by atoms with van der Waals surface area (Å²) in [4.78, 5) is 31.9. The second-order valence-electron chi connectivity index (χ2n) is 12.3. The Hall–Kier alpha value is -2.38. The number of nitrogens with zero attached hydrogens (tertiary/aromatic N) is 2. The number of benzene rings is 2. The number of rotatable bonds is 3. The fraction of sp³-hybridized carbons (Fsp3) is 0.562. The SMILES string of the molecule is CNC(=O)N1Cc2cc(Br)ccc2[C@@]2(C[NH2+]CC2C(=O)N2CC[C@@H](c3ccccc3)C[C@H]2C2CCCCC2)C1. The molecule has 6 nitrogen and oxygen atoms in total. The molecule has 1 saturated carbocycles. The van der Waals surface area contributed by atoms with Crippen LogP contribution in [0, 0.1) is 11.8 Å². The molecular weight excluding hydrogens is 552 g/mol. The molecule has 3 aliphatic heterocycles. The van der Waals surface area contributed by atoms with Crippen molar-refractivity contribution in [1.82, 2.24) is 15.1 Å². The van der Waals surface area contributed by atoms with Crippen molar-refractivity contribution in [3.63, 3.8) is 0 Å². The quantitative estimate of drug-likeness (QED) is 0.554. The topological polar surface area (TPSA) is 69.3 Å². The fourth-order valence-electron chi connectivity index (χ4n) is 8.32. The summed E-state index contributed by atoms with van der Waals surface area (Å²) >= 11 is 3.64. The Bertz CT molecular complexity index is 1200. The van der Waals surface area contributed by atoms with Gasteiger partial charge in [-0.15, -0.1) is 0 Å². The summed E-state index contributed by atoms with van der Waals surface area (Å²) in [6.07, 6.45) is 8.45. The van der Waals surface area contributed by atoms with Gasteiger partial charge in [0, 0.05) is 37.2 Å². The molecular formula is C32H42BrN4O2+. The summed E-state index contributed by atoms with van der Waals surface area (Å²) in [5, 5.41) is 5.15. The van der Waals surface area contributed by atoms with Gasteiger partial charge in [0.2, 0.25) is 5.91 Å². The Morgan fingerprint density at radius 3 is 2.62 bits per heavy atom. The average molecular weight is 595 g/mol. The van der Waals surface area contributed by atoms with Gasteiger partial charge in [-0.05, 0) is 66.3 Å². The average Bonchev–Trinajstić information content (AvgIpc) is 3.40. The third-order valence-electron chi connectivity index (χ3n) is 10.2. The maximum Gasteiger partial charge on any atom is 0.317 e. The first-order chi connectivity index (χ1) is 19.0. The molecule has 1 spiro atoms. The van der Waals surface area contributed by atoms with E-state index in [1.54, 1.807) is 7.05 Å². The summed E-state index contributed by atoms with van der Waals surface area (Å²) < 4.78 is 1.01. The van der Waals surface area contributed by atoms with Gasteiger partial charge in [-0.3, -0.25) is 4.79 Å². The first-order valence-corrected chi connectivity index (χ1v) is 15.7. The van der Waals surface area contributed by atoms with Crippen LogP contribution in [0.15, 0.2) is 53.0 Å². The van der Waals surface area contributed by atoms with Gasteiger partial charge in [0.25, 0.3) is 0 Å². The summed E-state index contributed by atoms with van der Waals surface area (Å²) in [5.74, 6) is 1.29. The standard InChI is InChI=1S/C32H41BrN4O2/c1-34-31(39)36-19-25-16-26(33)12-13-27(25)32(21-36)20-35-18-28(32)30(38)37-15-14-24(22-8-4-2-5-9-22)17-29(37)23-10-6-3-7-11-23/h2,4-5,8-9,12-13,16,23-24,28-29,35H,3,6-7,10-11,14-15,17-21H2,1H3,(H,34,39)/p+1/t24-,28?,29+,32-/m1/s1. The first kappa shape index (κ1) is 26.8. The second kappa shape index (κ2) is 11.2. The Labute approximate surface area is 241 Å². The maximum atomic E-state index is 14.8. The van der Waals surface area contributed by atoms with Crippen LogP contribution < -0.4 is 10.6 Å². The maximum absolute atomic E-state index is 14.8. The predicted octanol–water partition coefficient (Wildman–Crippen LogP) is 4.39. The third-order valence-corrected chi connectivity index (χ3v) is 10.7. The van der Waals surface area contributed by atoms with Crippen LogP contribution in [0.1, 0.15) is 67.6 Å². The number of carbonyl (C=O) groups is 2. The van der Waals surface area contributed by atoms with Crippen molar-refractivity contribution in [2.75, 3.05) is 33.2 Å². The van der Waals surface area contributed by atoms with Gasteiger partial charge in [0.05, 0.1) is 18.5 Å². The number of piperidine rings is 1. The molecule has 6 rings (SSSR count). The van der Waals surface area contributed by atoms with E-state index in [0.717, 1.165) is 42.5 Å². The van der Waals surface area contributed by atoms with Crippen molar-refractivity contribution < 1.29 is 14.9 Å². The van der Waals surface area contributed by atoms with Crippen LogP contribution in [0.3, 0.4) is 0 Å². The lowest BCUT2D eigenvalue weighted by Crippen LogP contribution is -2.83. The zero-order valence-electron chi connectivity index (χ0n) is 23.1. The van der Waals surface area contributed by atoms with Gasteiger partial charge in [-0.2, -0.15) is 0 Å². The van der Waals surface area contributed by atoms with E-state index in [-0.39, 0.29) is 17.4 Å². The smallest absolute Gasteiger partial charge is 0.317 e. The zero-order chi connectivity index (χ0) is 27.0. The van der Waals surface area contributed by atoms with E-state index in [4.69, 9.17) is 0 Å². The number of halogens is 1. The number of nitrogens with one attached hydrogen (secondary N) is 1. The molecule has 4 atom stereocenters. The van der Waals surface area contributed by atoms with Crippen LogP contribution in [-0.2, 0) is 16.8 Å². The largest absolute Gasteiger partial charge is 0.345 e. The Morgan fingerprint density at radius 2 is 1.85 bits per heavy atom. The van der Waals surface area contributed by atoms with Crippen molar-refractivity contribution in [1.29, 1.82) is 0 Å². The Morgan fingerprint density at radius 1 is 1.05 bits per heavy atom. The van der Waals surface area contributed by atoms with Crippen LogP contribution in [-0.4, -0.2) is 61.0 Å². The Balaban J connectivity index is 1.33. The lowest BCUT2D eigenvalue weighted by molar-refractivity contribution is -0.640. The van der Waals surface area contributed by atoms with Crippen LogP contribution in [0.2, 0.25) is 0 Å². The van der Waals surface area contributed by atoms with Gasteiger partial charge >= 0.3 is 6.03 Å². The van der Waals surface area contributed by atoms with E-state index in [0.29, 0.717) is 36.9 Å². The minimum Gasteiger partial charge on any atom is -0.345 e. The molecule has 39 heavy (non-hydrogen) atoms. The highest BCUT2D eigenvalue weighted by atomic mass is 79.9. The van der Waals surface area contributed by atoms with Gasteiger partial charge in [-0.1, -0.05) is 71.6 Å². The summed E-state index contributed by atoms with van der Waals surface area (Å²) in [7, 11) is 1.69. The number of likely N-dealkylation sites (tertiary alicyclic amines) is 1. The van der Waals surface area contributed by atoms with E-state index in [9.17, 15) is 9.59 Å². The molecule has 1 unspecified atom stereocenters. The van der Waals surface area contributed by atoms with Crippen LogP contribution in [0.4, 0.5) is 4.79 Å². The highest BCUT2D eigenvalue weighted by Crippen LogP contribution is 2.45. The number of hydrogen-bond acceptors (Lipinski definition) is 2. The molecule has 3 heterocycles. The van der Waals surface area contributed by atoms with Gasteiger partial charge in [-0.25, -0.2) is 4.79 Å². The van der Waals surface area contributed by atoms with Gasteiger partial charge in [0.1, 0.15) is 5.92 Å². The summed E-state index contributed by atoms with van der Waals surface area (Å²) in [5.41, 5.74) is 3.46. The minimum absolute atomic E-state index is 0.0677. The van der Waals surface area contributed by atoms with Crippen molar-refractivity contribution in [2.24, 2.45) is 11.8 Å². The number of fused-ring (bicyclic) bond motifs is 2. The van der Waals surface area contributed by atoms with Crippen LogP contribution >= 0.6 is 15.9 Å². The van der Waals surface area contributed by atoms with Gasteiger partial charge < -0.3 is 20.4 Å². The number of quaternary nitrogens is 1. The predicted molar refractivity (Wildman–Crippen MR) is 156 cm³/mol. The molecule has 208 valence electrons. The van der Waals surface area contributed by atoms with Crippen molar-refractivity contribution >= 4 is 27.9 Å². The minimum atomic E-state index is -0.370. The van der Waals surface area contributed by atoms with E-state index in [2.05, 4.69) is 80.0 Å². The Kier molecular flexibility index (Phi) is 7.73. The molecule has 7 heteroatoms. The number of amides is 3. The molecule has 0 radical (unpaired) electrons. The molecule has 2 aromatic carbocycles. The first-order valence-electron chi connectivity index (χ1n) is 14.9. The number of carbonyl (C=O) groups excluding carboxylic acids is 2. The third kappa shape index (κ3) is 5.01. The molecule has 2 aromatic rings. The number of urea groups is 1. The monoisotopic (exact) mass is 593 g/mol. The van der Waals surface area contributed by atoms with Gasteiger partial charge in [0.15, 0.2) is 0 Å². The molecule has 1 aliphatic carbocycles.